The highest BCUT2D eigenvalue weighted by Crippen LogP contribution is 2.27. The molecule has 1 aromatic rings. The number of carbonyl (C=O) groups is 1. The van der Waals surface area contributed by atoms with Gasteiger partial charge in [0.15, 0.2) is 0 Å². The molecule has 0 atom stereocenters. The minimum Gasteiger partial charge on any atom is -0.506 e. The number of amides is 1. The van der Waals surface area contributed by atoms with E-state index in [2.05, 4.69) is 5.32 Å². The lowest BCUT2D eigenvalue weighted by Gasteiger charge is -2.07. The summed E-state index contributed by atoms with van der Waals surface area (Å²) < 4.78 is 5.01. The Hall–Kier alpha value is -2.15. The number of anilines is 1. The second kappa shape index (κ2) is 6.55. The Morgan fingerprint density at radius 2 is 2.28 bits per heavy atom. The number of hydrogen-bond donors (Lipinski definition) is 2. The molecule has 0 saturated carbocycles. The molecule has 0 bridgehead atoms. The second-order valence-electron chi connectivity index (χ2n) is 3.56. The van der Waals surface area contributed by atoms with Crippen LogP contribution in [0.4, 0.5) is 11.4 Å². The van der Waals surface area contributed by atoms with Crippen molar-refractivity contribution in [3.05, 3.63) is 28.3 Å². The van der Waals surface area contributed by atoms with E-state index in [4.69, 9.17) is 4.74 Å². The SMILES string of the molecule is CCCOCC(=O)Nc1cc([N+](=O)[O-])ccc1O. The number of nitrogens with zero attached hydrogens (tertiary/aromatic N) is 1. The van der Waals surface area contributed by atoms with Gasteiger partial charge in [0, 0.05) is 18.7 Å². The van der Waals surface area contributed by atoms with E-state index in [0.717, 1.165) is 24.6 Å². The zero-order valence-electron chi connectivity index (χ0n) is 9.88. The number of ether oxygens (including phenoxy) is 1. The van der Waals surface area contributed by atoms with Gasteiger partial charge in [-0.05, 0) is 12.5 Å². The average molecular weight is 254 g/mol. The molecule has 0 spiro atoms. The first-order valence-corrected chi connectivity index (χ1v) is 5.39. The highest BCUT2D eigenvalue weighted by Gasteiger charge is 2.12. The van der Waals surface area contributed by atoms with E-state index < -0.39 is 10.8 Å². The van der Waals surface area contributed by atoms with Crippen molar-refractivity contribution >= 4 is 17.3 Å². The van der Waals surface area contributed by atoms with Crippen LogP contribution in [0.2, 0.25) is 0 Å². The lowest BCUT2D eigenvalue weighted by atomic mass is 10.2. The topological polar surface area (TPSA) is 102 Å². The van der Waals surface area contributed by atoms with Gasteiger partial charge in [0.05, 0.1) is 10.6 Å². The predicted octanol–water partition coefficient (Wildman–Crippen LogP) is 1.67. The Balaban J connectivity index is 2.68. The van der Waals surface area contributed by atoms with Crippen LogP contribution in [0.3, 0.4) is 0 Å². The van der Waals surface area contributed by atoms with Gasteiger partial charge in [0.1, 0.15) is 12.4 Å². The Morgan fingerprint density at radius 1 is 1.56 bits per heavy atom. The van der Waals surface area contributed by atoms with Crippen LogP contribution in [0.25, 0.3) is 0 Å². The third-order valence-corrected chi connectivity index (χ3v) is 2.05. The predicted molar refractivity (Wildman–Crippen MR) is 64.5 cm³/mol. The maximum atomic E-state index is 11.4. The average Bonchev–Trinajstić information content (AvgIpc) is 2.32. The van der Waals surface area contributed by atoms with Crippen molar-refractivity contribution < 1.29 is 19.6 Å². The Bertz CT molecular complexity index is 447. The molecule has 0 fully saturated rings. The first-order valence-electron chi connectivity index (χ1n) is 5.39. The van der Waals surface area contributed by atoms with E-state index in [9.17, 15) is 20.0 Å². The summed E-state index contributed by atoms with van der Waals surface area (Å²) in [6, 6.07) is 3.40. The van der Waals surface area contributed by atoms with Gasteiger partial charge in [-0.2, -0.15) is 0 Å². The number of carbonyl (C=O) groups excluding carboxylic acids is 1. The fourth-order valence-corrected chi connectivity index (χ4v) is 1.23. The number of hydrogen-bond acceptors (Lipinski definition) is 5. The Labute approximate surface area is 104 Å². The minimum atomic E-state index is -0.608. The fraction of sp³-hybridized carbons (Fsp3) is 0.364. The van der Waals surface area contributed by atoms with Crippen LogP contribution >= 0.6 is 0 Å². The first kappa shape index (κ1) is 13.9. The molecular formula is C11H14N2O5. The van der Waals surface area contributed by atoms with E-state index in [1.807, 2.05) is 6.92 Å². The third kappa shape index (κ3) is 4.02. The van der Waals surface area contributed by atoms with E-state index in [-0.39, 0.29) is 23.7 Å². The van der Waals surface area contributed by atoms with Crippen molar-refractivity contribution in [2.75, 3.05) is 18.5 Å². The molecule has 1 rings (SSSR count). The second-order valence-corrected chi connectivity index (χ2v) is 3.56. The molecule has 2 N–H and O–H groups in total. The van der Waals surface area contributed by atoms with Crippen molar-refractivity contribution in [2.45, 2.75) is 13.3 Å². The van der Waals surface area contributed by atoms with Crippen LogP contribution in [-0.4, -0.2) is 29.2 Å². The summed E-state index contributed by atoms with van der Waals surface area (Å²) in [6.07, 6.45) is 0.787. The van der Waals surface area contributed by atoms with Crippen LogP contribution in [-0.2, 0) is 9.53 Å². The third-order valence-electron chi connectivity index (χ3n) is 2.05. The van der Waals surface area contributed by atoms with E-state index in [1.54, 1.807) is 0 Å². The van der Waals surface area contributed by atoms with Gasteiger partial charge in [-0.15, -0.1) is 0 Å². The van der Waals surface area contributed by atoms with Crippen molar-refractivity contribution in [1.29, 1.82) is 0 Å². The molecule has 0 radical (unpaired) electrons. The summed E-state index contributed by atoms with van der Waals surface area (Å²) in [4.78, 5) is 21.3. The normalized spacial score (nSPS) is 10.1. The monoisotopic (exact) mass is 254 g/mol. The quantitative estimate of drug-likeness (QED) is 0.348. The van der Waals surface area contributed by atoms with E-state index >= 15 is 0 Å². The number of nitro groups is 1. The van der Waals surface area contributed by atoms with Gasteiger partial charge in [-0.25, -0.2) is 0 Å². The number of benzene rings is 1. The molecular weight excluding hydrogens is 240 g/mol. The Kier molecular flexibility index (Phi) is 5.06. The van der Waals surface area contributed by atoms with Crippen LogP contribution in [0.5, 0.6) is 5.75 Å². The molecule has 1 aromatic carbocycles. The minimum absolute atomic E-state index is 0.00528. The van der Waals surface area contributed by atoms with Crippen molar-refractivity contribution in [3.63, 3.8) is 0 Å². The number of phenolic OH excluding ortho intramolecular Hbond substituents is 1. The first-order chi connectivity index (χ1) is 8.54. The summed E-state index contributed by atoms with van der Waals surface area (Å²) in [7, 11) is 0. The molecule has 1 amide bonds. The maximum absolute atomic E-state index is 11.4. The summed E-state index contributed by atoms with van der Waals surface area (Å²) >= 11 is 0. The van der Waals surface area contributed by atoms with Crippen LogP contribution in [0, 0.1) is 10.1 Å². The van der Waals surface area contributed by atoms with Crippen LogP contribution < -0.4 is 5.32 Å². The zero-order chi connectivity index (χ0) is 13.5. The summed E-state index contributed by atoms with van der Waals surface area (Å²) in [5.41, 5.74) is -0.216. The number of aromatic hydroxyl groups is 1. The number of rotatable bonds is 6. The molecule has 0 aromatic heterocycles. The highest BCUT2D eigenvalue weighted by atomic mass is 16.6. The number of nitrogens with one attached hydrogen (secondary N) is 1. The van der Waals surface area contributed by atoms with Gasteiger partial charge in [-0.1, -0.05) is 6.92 Å². The molecule has 0 aliphatic rings. The lowest BCUT2D eigenvalue weighted by Crippen LogP contribution is -2.18. The van der Waals surface area contributed by atoms with Crippen LogP contribution in [0.15, 0.2) is 18.2 Å². The van der Waals surface area contributed by atoms with E-state index in [0.29, 0.717) is 6.61 Å². The molecule has 0 saturated heterocycles. The fourth-order valence-electron chi connectivity index (χ4n) is 1.23. The van der Waals surface area contributed by atoms with Crippen LogP contribution in [0.1, 0.15) is 13.3 Å². The molecule has 7 nitrogen and oxygen atoms in total. The Morgan fingerprint density at radius 3 is 2.89 bits per heavy atom. The van der Waals surface area contributed by atoms with Crippen molar-refractivity contribution in [1.82, 2.24) is 0 Å². The summed E-state index contributed by atoms with van der Waals surface area (Å²) in [6.45, 7) is 2.20. The zero-order valence-corrected chi connectivity index (χ0v) is 9.88. The van der Waals surface area contributed by atoms with Crippen molar-refractivity contribution in [2.24, 2.45) is 0 Å². The lowest BCUT2D eigenvalue weighted by molar-refractivity contribution is -0.384. The van der Waals surface area contributed by atoms with Gasteiger partial charge >= 0.3 is 0 Å². The molecule has 0 aliphatic heterocycles. The van der Waals surface area contributed by atoms with Gasteiger partial charge in [0.2, 0.25) is 5.91 Å². The highest BCUT2D eigenvalue weighted by molar-refractivity contribution is 5.93. The van der Waals surface area contributed by atoms with E-state index in [1.165, 1.54) is 0 Å². The standard InChI is InChI=1S/C11H14N2O5/c1-2-5-18-7-11(15)12-9-6-8(13(16)17)3-4-10(9)14/h3-4,6,14H,2,5,7H2,1H3,(H,12,15). The maximum Gasteiger partial charge on any atom is 0.271 e. The number of nitro benzene ring substituents is 1. The summed E-state index contributed by atoms with van der Waals surface area (Å²) in [5.74, 6) is -0.705. The number of non-ortho nitro benzene ring substituents is 1. The molecule has 18 heavy (non-hydrogen) atoms. The molecule has 0 unspecified atom stereocenters. The molecule has 0 heterocycles. The molecule has 7 heteroatoms. The van der Waals surface area contributed by atoms with Gasteiger partial charge in [0.25, 0.3) is 5.69 Å². The van der Waals surface area contributed by atoms with Gasteiger partial charge in [-0.3, -0.25) is 14.9 Å². The number of phenols is 1. The smallest absolute Gasteiger partial charge is 0.271 e. The summed E-state index contributed by atoms with van der Waals surface area (Å²) in [5, 5.41) is 22.4. The largest absolute Gasteiger partial charge is 0.506 e. The van der Waals surface area contributed by atoms with Gasteiger partial charge < -0.3 is 15.2 Å². The van der Waals surface area contributed by atoms with Crippen molar-refractivity contribution in [3.8, 4) is 5.75 Å². The molecule has 0 aliphatic carbocycles. The molecule has 98 valence electrons.